The molecule has 2 aromatic heterocycles. The molecule has 2 atom stereocenters. The van der Waals surface area contributed by atoms with Crippen LogP contribution in [0.15, 0.2) is 71.3 Å². The first-order valence-electron chi connectivity index (χ1n) is 15.3. The normalized spacial score (nSPS) is 17.2. The largest absolute Gasteiger partial charge is 0.478 e. The van der Waals surface area contributed by atoms with Crippen LogP contribution < -0.4 is 5.32 Å². The number of benzene rings is 2. The van der Waals surface area contributed by atoms with Crippen LogP contribution in [0.3, 0.4) is 0 Å². The molecule has 46 heavy (non-hydrogen) atoms. The van der Waals surface area contributed by atoms with Crippen LogP contribution in [-0.4, -0.2) is 45.4 Å². The molecule has 2 amide bonds. The topological polar surface area (TPSA) is 113 Å². The van der Waals surface area contributed by atoms with E-state index in [-0.39, 0.29) is 59.1 Å². The molecule has 2 aliphatic rings. The molecule has 1 saturated heterocycles. The zero-order valence-corrected chi connectivity index (χ0v) is 25.1. The van der Waals surface area contributed by atoms with E-state index >= 15 is 0 Å². The summed E-state index contributed by atoms with van der Waals surface area (Å²) in [6.07, 6.45) is 0.176. The van der Waals surface area contributed by atoms with Crippen LogP contribution >= 0.6 is 0 Å². The third-order valence-electron chi connectivity index (χ3n) is 8.83. The number of hydrogen-bond acceptors (Lipinski definition) is 5. The molecule has 0 bridgehead atoms. The smallest absolute Gasteiger partial charge is 0.416 e. The Morgan fingerprint density at radius 1 is 1.02 bits per heavy atom. The van der Waals surface area contributed by atoms with Crippen LogP contribution in [0, 0.1) is 0 Å². The summed E-state index contributed by atoms with van der Waals surface area (Å²) >= 11 is 0. The third-order valence-corrected chi connectivity index (χ3v) is 8.83. The first-order valence-corrected chi connectivity index (χ1v) is 15.3. The number of furan rings is 1. The maximum atomic E-state index is 14.0. The number of aryl methyl sites for hydroxylation is 2. The molecule has 4 heterocycles. The number of carboxylic acids is 1. The highest BCUT2D eigenvalue weighted by molar-refractivity contribution is 6.11. The number of carbonyl (C=O) groups is 3. The molecular weight excluding hydrogens is 599 g/mol. The molecular formula is C35H32F3N3O5. The predicted octanol–water partition coefficient (Wildman–Crippen LogP) is 6.89. The summed E-state index contributed by atoms with van der Waals surface area (Å²) in [6.45, 7) is 2.33. The molecule has 6 rings (SSSR count). The van der Waals surface area contributed by atoms with Gasteiger partial charge in [0.15, 0.2) is 0 Å². The average Bonchev–Trinajstić information content (AvgIpc) is 3.78. The second-order valence-corrected chi connectivity index (χ2v) is 11.6. The number of halogens is 3. The summed E-state index contributed by atoms with van der Waals surface area (Å²) in [6, 6.07) is 14.5. The van der Waals surface area contributed by atoms with Crippen molar-refractivity contribution in [1.29, 1.82) is 0 Å². The van der Waals surface area contributed by atoms with Crippen molar-refractivity contribution in [3.05, 3.63) is 112 Å². The number of carbonyl (C=O) groups excluding carboxylic acids is 2. The van der Waals surface area contributed by atoms with E-state index in [4.69, 9.17) is 9.40 Å². The number of nitrogens with zero attached hydrogens (tertiary/aromatic N) is 2. The zero-order chi connectivity index (χ0) is 32.6. The van der Waals surface area contributed by atoms with Crippen LogP contribution in [-0.2, 0) is 25.4 Å². The Morgan fingerprint density at radius 2 is 1.80 bits per heavy atom. The summed E-state index contributed by atoms with van der Waals surface area (Å²) < 4.78 is 44.6. The second kappa shape index (κ2) is 12.5. The van der Waals surface area contributed by atoms with Gasteiger partial charge >= 0.3 is 12.1 Å². The van der Waals surface area contributed by atoms with E-state index in [1.807, 2.05) is 13.0 Å². The quantitative estimate of drug-likeness (QED) is 0.197. The van der Waals surface area contributed by atoms with Gasteiger partial charge in [-0.2, -0.15) is 13.2 Å². The summed E-state index contributed by atoms with van der Waals surface area (Å²) in [4.78, 5) is 46.7. The van der Waals surface area contributed by atoms with Gasteiger partial charge < -0.3 is 19.7 Å². The lowest BCUT2D eigenvalue weighted by atomic mass is 9.89. The van der Waals surface area contributed by atoms with Crippen molar-refractivity contribution < 1.29 is 37.1 Å². The van der Waals surface area contributed by atoms with Gasteiger partial charge in [0, 0.05) is 30.1 Å². The molecule has 11 heteroatoms. The predicted molar refractivity (Wildman–Crippen MR) is 162 cm³/mol. The number of alkyl halides is 3. The lowest BCUT2D eigenvalue weighted by Crippen LogP contribution is -2.31. The van der Waals surface area contributed by atoms with Crippen molar-refractivity contribution >= 4 is 17.8 Å². The molecule has 1 fully saturated rings. The first kappa shape index (κ1) is 31.1. The lowest BCUT2D eigenvalue weighted by Gasteiger charge is -2.22. The zero-order valence-electron chi connectivity index (χ0n) is 25.1. The van der Waals surface area contributed by atoms with Crippen LogP contribution in [0.1, 0.15) is 91.6 Å². The second-order valence-electron chi connectivity index (χ2n) is 11.6. The maximum Gasteiger partial charge on any atom is 0.416 e. The van der Waals surface area contributed by atoms with Crippen molar-refractivity contribution in [2.45, 2.75) is 63.7 Å². The van der Waals surface area contributed by atoms with E-state index < -0.39 is 17.7 Å². The number of fused-ring (bicyclic) bond motifs is 3. The minimum Gasteiger partial charge on any atom is -0.478 e. The first-order chi connectivity index (χ1) is 22.1. The summed E-state index contributed by atoms with van der Waals surface area (Å²) in [5, 5.41) is 13.4. The van der Waals surface area contributed by atoms with E-state index in [1.165, 1.54) is 12.1 Å². The minimum atomic E-state index is -4.47. The minimum absolute atomic E-state index is 0.00491. The van der Waals surface area contributed by atoms with E-state index in [2.05, 4.69) is 5.32 Å². The Labute approximate surface area is 263 Å². The highest BCUT2D eigenvalue weighted by Crippen LogP contribution is 2.48. The molecule has 0 spiro atoms. The number of hydrogen-bond donors (Lipinski definition) is 2. The fourth-order valence-electron chi connectivity index (χ4n) is 6.60. The Bertz CT molecular complexity index is 1780. The van der Waals surface area contributed by atoms with E-state index in [0.29, 0.717) is 41.8 Å². The van der Waals surface area contributed by atoms with Gasteiger partial charge in [0.2, 0.25) is 0 Å². The molecule has 238 valence electrons. The number of pyridine rings is 1. The molecule has 2 N–H and O–H groups in total. The van der Waals surface area contributed by atoms with E-state index in [9.17, 15) is 32.7 Å². The van der Waals surface area contributed by atoms with Crippen molar-refractivity contribution in [3.63, 3.8) is 0 Å². The summed E-state index contributed by atoms with van der Waals surface area (Å²) in [5.74, 6) is -1.21. The molecule has 8 nitrogen and oxygen atoms in total. The van der Waals surface area contributed by atoms with Gasteiger partial charge in [-0.1, -0.05) is 31.2 Å². The molecule has 2 aromatic carbocycles. The Kier molecular flexibility index (Phi) is 8.41. The Balaban J connectivity index is 1.39. The van der Waals surface area contributed by atoms with Gasteiger partial charge in [0.1, 0.15) is 5.76 Å². The van der Waals surface area contributed by atoms with Crippen LogP contribution in [0.2, 0.25) is 0 Å². The Morgan fingerprint density at radius 3 is 2.48 bits per heavy atom. The third kappa shape index (κ3) is 5.89. The number of nitrogens with one attached hydrogen (secondary N) is 1. The van der Waals surface area contributed by atoms with Gasteiger partial charge in [-0.05, 0) is 79.6 Å². The van der Waals surface area contributed by atoms with Crippen molar-refractivity contribution in [2.75, 3.05) is 6.54 Å². The SMILES string of the molecule is CCC1CC[C@H]2c3nc(CCc4ccc(C(F)(F)F)cc4)c(C(=O)O)c(-c4cccc(C(=O)NCCc5ccco5)c4)c3C(=O)N12. The van der Waals surface area contributed by atoms with Crippen LogP contribution in [0.5, 0.6) is 0 Å². The van der Waals surface area contributed by atoms with Crippen molar-refractivity contribution in [3.8, 4) is 11.1 Å². The summed E-state index contributed by atoms with van der Waals surface area (Å²) in [7, 11) is 0. The molecule has 0 radical (unpaired) electrons. The molecule has 4 aromatic rings. The van der Waals surface area contributed by atoms with E-state index in [1.54, 1.807) is 41.5 Å². The maximum absolute atomic E-state index is 14.0. The highest BCUT2D eigenvalue weighted by atomic mass is 19.4. The standard InChI is InChI=1S/C35H32F3N3O5/c1-2-24-13-15-27-31-30(33(43)41(24)27)28(21-5-3-6-22(19-21)32(42)39-17-16-25-7-4-18-46-25)29(34(44)45)26(40-31)14-10-20-8-11-23(12-9-20)35(36,37)38/h3-9,11-12,18-19,24,27H,2,10,13-17H2,1H3,(H,39,42)(H,44,45)/t24?,27-/m0/s1. The molecule has 1 unspecified atom stereocenters. The number of amides is 2. The van der Waals surface area contributed by atoms with Crippen molar-refractivity contribution in [2.24, 2.45) is 0 Å². The Hall–Kier alpha value is -4.93. The van der Waals surface area contributed by atoms with Gasteiger partial charge in [-0.15, -0.1) is 0 Å². The average molecular weight is 632 g/mol. The van der Waals surface area contributed by atoms with Gasteiger partial charge in [-0.3, -0.25) is 14.6 Å². The van der Waals surface area contributed by atoms with E-state index in [0.717, 1.165) is 30.7 Å². The molecule has 0 aliphatic carbocycles. The number of carboxylic acid groups (broad SMARTS) is 1. The van der Waals surface area contributed by atoms with Crippen LogP contribution in [0.25, 0.3) is 11.1 Å². The van der Waals surface area contributed by atoms with Crippen LogP contribution in [0.4, 0.5) is 13.2 Å². The number of aromatic nitrogens is 1. The monoisotopic (exact) mass is 631 g/mol. The van der Waals surface area contributed by atoms with Gasteiger partial charge in [-0.25, -0.2) is 4.79 Å². The number of aromatic carboxylic acids is 1. The highest BCUT2D eigenvalue weighted by Gasteiger charge is 2.48. The van der Waals surface area contributed by atoms with Crippen molar-refractivity contribution in [1.82, 2.24) is 15.2 Å². The fraction of sp³-hybridized carbons (Fsp3) is 0.314. The fourth-order valence-corrected chi connectivity index (χ4v) is 6.60. The lowest BCUT2D eigenvalue weighted by molar-refractivity contribution is -0.137. The number of rotatable bonds is 10. The summed E-state index contributed by atoms with van der Waals surface area (Å²) in [5.41, 5.74) is 1.55. The van der Waals surface area contributed by atoms with Gasteiger partial charge in [0.05, 0.1) is 40.4 Å². The molecule has 2 aliphatic heterocycles. The van der Waals surface area contributed by atoms with Gasteiger partial charge in [0.25, 0.3) is 11.8 Å². The molecule has 0 saturated carbocycles.